The van der Waals surface area contributed by atoms with Crippen molar-refractivity contribution < 1.29 is 9.90 Å². The summed E-state index contributed by atoms with van der Waals surface area (Å²) in [4.78, 5) is 13.5. The van der Waals surface area contributed by atoms with Crippen LogP contribution < -0.4 is 10.2 Å². The molecule has 2 N–H and O–H groups in total. The van der Waals surface area contributed by atoms with E-state index in [0.29, 0.717) is 12.5 Å². The second-order valence-electron chi connectivity index (χ2n) is 4.52. The van der Waals surface area contributed by atoms with E-state index < -0.39 is 0 Å². The van der Waals surface area contributed by atoms with Crippen LogP contribution in [0.2, 0.25) is 0 Å². The van der Waals surface area contributed by atoms with Crippen molar-refractivity contribution in [2.45, 2.75) is 13.8 Å². The molecule has 86 valence electrons. The van der Waals surface area contributed by atoms with E-state index in [-0.39, 0.29) is 11.7 Å². The van der Waals surface area contributed by atoms with Crippen molar-refractivity contribution in [3.8, 4) is 5.75 Å². The van der Waals surface area contributed by atoms with Gasteiger partial charge in [0.25, 0.3) is 0 Å². The van der Waals surface area contributed by atoms with E-state index in [1.165, 1.54) is 0 Å². The maximum Gasteiger partial charge on any atom is 0.243 e. The van der Waals surface area contributed by atoms with Crippen LogP contribution in [0.4, 0.5) is 11.4 Å². The van der Waals surface area contributed by atoms with Crippen molar-refractivity contribution in [2.24, 2.45) is 5.92 Å². The smallest absolute Gasteiger partial charge is 0.243 e. The lowest BCUT2D eigenvalue weighted by atomic mass is 10.1. The molecule has 0 aliphatic carbocycles. The summed E-state index contributed by atoms with van der Waals surface area (Å²) in [6, 6.07) is 5.00. The highest BCUT2D eigenvalue weighted by atomic mass is 16.3. The Balaban J connectivity index is 2.35. The summed E-state index contributed by atoms with van der Waals surface area (Å²) in [6.07, 6.45) is 0. The first-order valence-electron chi connectivity index (χ1n) is 5.44. The number of carbonyl (C=O) groups is 1. The van der Waals surface area contributed by atoms with E-state index in [0.717, 1.165) is 17.9 Å². The van der Waals surface area contributed by atoms with Crippen molar-refractivity contribution in [1.82, 2.24) is 0 Å². The van der Waals surface area contributed by atoms with E-state index in [4.69, 9.17) is 0 Å². The minimum Gasteiger partial charge on any atom is -0.508 e. The number of anilines is 2. The molecule has 2 rings (SSSR count). The number of phenolic OH excluding ortho intramolecular Hbond substituents is 1. The Morgan fingerprint density at radius 2 is 2.25 bits per heavy atom. The van der Waals surface area contributed by atoms with Crippen LogP contribution in [0.3, 0.4) is 0 Å². The van der Waals surface area contributed by atoms with E-state index >= 15 is 0 Å². The topological polar surface area (TPSA) is 52.6 Å². The fourth-order valence-corrected chi connectivity index (χ4v) is 1.94. The molecular formula is C12H16N2O2. The van der Waals surface area contributed by atoms with Gasteiger partial charge in [0.2, 0.25) is 5.91 Å². The first-order valence-corrected chi connectivity index (χ1v) is 5.44. The molecule has 16 heavy (non-hydrogen) atoms. The Labute approximate surface area is 94.9 Å². The molecule has 0 atom stereocenters. The molecule has 1 aliphatic rings. The van der Waals surface area contributed by atoms with E-state index in [9.17, 15) is 9.90 Å². The lowest BCUT2D eigenvalue weighted by molar-refractivity contribution is -0.115. The molecule has 1 aromatic rings. The van der Waals surface area contributed by atoms with Crippen LogP contribution in [0.1, 0.15) is 13.8 Å². The Morgan fingerprint density at radius 3 is 2.94 bits per heavy atom. The van der Waals surface area contributed by atoms with E-state index in [2.05, 4.69) is 19.2 Å². The van der Waals surface area contributed by atoms with E-state index in [1.807, 2.05) is 4.90 Å². The lowest BCUT2D eigenvalue weighted by Crippen LogP contribution is -2.40. The predicted octanol–water partition coefficient (Wildman–Crippen LogP) is 1.81. The summed E-state index contributed by atoms with van der Waals surface area (Å²) in [6.45, 7) is 5.38. The van der Waals surface area contributed by atoms with Crippen LogP contribution in [-0.2, 0) is 4.79 Å². The lowest BCUT2D eigenvalue weighted by Gasteiger charge is -2.32. The van der Waals surface area contributed by atoms with Crippen molar-refractivity contribution in [3.63, 3.8) is 0 Å². The van der Waals surface area contributed by atoms with Gasteiger partial charge in [-0.2, -0.15) is 0 Å². The molecule has 4 heteroatoms. The van der Waals surface area contributed by atoms with Crippen LogP contribution in [0.25, 0.3) is 0 Å². The highest BCUT2D eigenvalue weighted by molar-refractivity contribution is 6.01. The first kappa shape index (κ1) is 10.8. The molecule has 0 fully saturated rings. The highest BCUT2D eigenvalue weighted by Gasteiger charge is 2.22. The number of rotatable bonds is 2. The fraction of sp³-hybridized carbons (Fsp3) is 0.417. The zero-order valence-corrected chi connectivity index (χ0v) is 9.53. The van der Waals surface area contributed by atoms with Gasteiger partial charge in [-0.15, -0.1) is 0 Å². The largest absolute Gasteiger partial charge is 0.508 e. The van der Waals surface area contributed by atoms with Gasteiger partial charge in [0, 0.05) is 12.6 Å². The second kappa shape index (κ2) is 4.04. The first-order chi connectivity index (χ1) is 7.56. The summed E-state index contributed by atoms with van der Waals surface area (Å²) in [7, 11) is 0. The van der Waals surface area contributed by atoms with Crippen LogP contribution in [-0.4, -0.2) is 24.1 Å². The normalized spacial score (nSPS) is 14.9. The van der Waals surface area contributed by atoms with Gasteiger partial charge in [-0.05, 0) is 18.1 Å². The zero-order chi connectivity index (χ0) is 11.7. The quantitative estimate of drug-likeness (QED) is 0.747. The SMILES string of the molecule is CC(C)CN1CC(=O)Nc2ccc(O)cc21. The Hall–Kier alpha value is -1.71. The summed E-state index contributed by atoms with van der Waals surface area (Å²) in [5.74, 6) is 0.698. The molecule has 0 unspecified atom stereocenters. The molecule has 0 aromatic heterocycles. The predicted molar refractivity (Wildman–Crippen MR) is 63.8 cm³/mol. The molecular weight excluding hydrogens is 204 g/mol. The molecule has 1 heterocycles. The second-order valence-corrected chi connectivity index (χ2v) is 4.52. The van der Waals surface area contributed by atoms with Crippen molar-refractivity contribution in [1.29, 1.82) is 0 Å². The Kier molecular flexibility index (Phi) is 2.73. The third kappa shape index (κ3) is 2.10. The molecule has 0 spiro atoms. The molecule has 4 nitrogen and oxygen atoms in total. The highest BCUT2D eigenvalue weighted by Crippen LogP contribution is 2.32. The minimum atomic E-state index is -0.00107. The standard InChI is InChI=1S/C12H16N2O2/c1-8(2)6-14-7-12(16)13-10-4-3-9(15)5-11(10)14/h3-5,8,15H,6-7H2,1-2H3,(H,13,16). The summed E-state index contributed by atoms with van der Waals surface area (Å²) >= 11 is 0. The van der Waals surface area contributed by atoms with Gasteiger partial charge >= 0.3 is 0 Å². The minimum absolute atomic E-state index is 0.00107. The number of benzene rings is 1. The average molecular weight is 220 g/mol. The van der Waals surface area contributed by atoms with Gasteiger partial charge in [0.05, 0.1) is 17.9 Å². The zero-order valence-electron chi connectivity index (χ0n) is 9.53. The molecule has 0 radical (unpaired) electrons. The molecule has 1 aliphatic heterocycles. The molecule has 0 saturated carbocycles. The van der Waals surface area contributed by atoms with Gasteiger partial charge in [-0.25, -0.2) is 0 Å². The van der Waals surface area contributed by atoms with Crippen LogP contribution >= 0.6 is 0 Å². The average Bonchev–Trinajstić information content (AvgIpc) is 2.18. The van der Waals surface area contributed by atoms with Gasteiger partial charge in [-0.3, -0.25) is 4.79 Å². The van der Waals surface area contributed by atoms with Gasteiger partial charge in [0.15, 0.2) is 0 Å². The molecule has 1 aromatic carbocycles. The maximum absolute atomic E-state index is 11.5. The van der Waals surface area contributed by atoms with Crippen molar-refractivity contribution in [2.75, 3.05) is 23.3 Å². The summed E-state index contributed by atoms with van der Waals surface area (Å²) in [5.41, 5.74) is 1.67. The summed E-state index contributed by atoms with van der Waals surface area (Å²) in [5, 5.41) is 12.3. The van der Waals surface area contributed by atoms with Crippen molar-refractivity contribution in [3.05, 3.63) is 18.2 Å². The number of carbonyl (C=O) groups excluding carboxylic acids is 1. The number of hydrogen-bond donors (Lipinski definition) is 2. The number of hydrogen-bond acceptors (Lipinski definition) is 3. The van der Waals surface area contributed by atoms with Crippen molar-refractivity contribution >= 4 is 17.3 Å². The van der Waals surface area contributed by atoms with Gasteiger partial charge < -0.3 is 15.3 Å². The number of aromatic hydroxyl groups is 1. The number of amides is 1. The molecule has 0 bridgehead atoms. The van der Waals surface area contributed by atoms with Gasteiger partial charge in [0.1, 0.15) is 5.75 Å². The molecule has 1 amide bonds. The number of nitrogens with zero attached hydrogens (tertiary/aromatic N) is 1. The number of phenols is 1. The van der Waals surface area contributed by atoms with Gasteiger partial charge in [-0.1, -0.05) is 13.8 Å². The number of nitrogens with one attached hydrogen (secondary N) is 1. The van der Waals surface area contributed by atoms with Crippen LogP contribution in [0.5, 0.6) is 5.75 Å². The monoisotopic (exact) mass is 220 g/mol. The molecule has 0 saturated heterocycles. The third-order valence-corrected chi connectivity index (χ3v) is 2.52. The maximum atomic E-state index is 11.5. The van der Waals surface area contributed by atoms with Crippen LogP contribution in [0.15, 0.2) is 18.2 Å². The summed E-state index contributed by atoms with van der Waals surface area (Å²) < 4.78 is 0. The number of fused-ring (bicyclic) bond motifs is 1. The Bertz CT molecular complexity index is 415. The Morgan fingerprint density at radius 1 is 1.50 bits per heavy atom. The third-order valence-electron chi connectivity index (χ3n) is 2.52. The van der Waals surface area contributed by atoms with Crippen LogP contribution in [0, 0.1) is 5.92 Å². The van der Waals surface area contributed by atoms with E-state index in [1.54, 1.807) is 18.2 Å². The fourth-order valence-electron chi connectivity index (χ4n) is 1.94.